The summed E-state index contributed by atoms with van der Waals surface area (Å²) in [6, 6.07) is 7.54. The van der Waals surface area contributed by atoms with Gasteiger partial charge in [0.15, 0.2) is 5.96 Å². The SMILES string of the molecule is CN=C(NCCNC(=O)CC1CCCC1)NCC(C)Oc1cccc(OC)c1. The summed E-state index contributed by atoms with van der Waals surface area (Å²) in [4.78, 5) is 16.1. The van der Waals surface area contributed by atoms with E-state index in [1.807, 2.05) is 31.2 Å². The van der Waals surface area contributed by atoms with Crippen LogP contribution >= 0.6 is 0 Å². The van der Waals surface area contributed by atoms with Gasteiger partial charge in [-0.1, -0.05) is 18.9 Å². The third-order valence-corrected chi connectivity index (χ3v) is 4.85. The molecule has 0 saturated heterocycles. The molecule has 2 rings (SSSR count). The van der Waals surface area contributed by atoms with Crippen molar-refractivity contribution in [3.8, 4) is 11.5 Å². The Hall–Kier alpha value is -2.44. The molecule has 3 N–H and O–H groups in total. The second-order valence-corrected chi connectivity index (χ2v) is 7.19. The van der Waals surface area contributed by atoms with E-state index >= 15 is 0 Å². The smallest absolute Gasteiger partial charge is 0.220 e. The van der Waals surface area contributed by atoms with Gasteiger partial charge < -0.3 is 25.4 Å². The zero-order valence-electron chi connectivity index (χ0n) is 17.3. The van der Waals surface area contributed by atoms with Gasteiger partial charge in [0.05, 0.1) is 13.7 Å². The fourth-order valence-corrected chi connectivity index (χ4v) is 3.34. The monoisotopic (exact) mass is 390 g/mol. The lowest BCUT2D eigenvalue weighted by Crippen LogP contribution is -2.44. The fourth-order valence-electron chi connectivity index (χ4n) is 3.34. The van der Waals surface area contributed by atoms with E-state index in [0.717, 1.165) is 11.5 Å². The van der Waals surface area contributed by atoms with Crippen molar-refractivity contribution in [2.24, 2.45) is 10.9 Å². The quantitative estimate of drug-likeness (QED) is 0.324. The van der Waals surface area contributed by atoms with Gasteiger partial charge in [0.2, 0.25) is 5.91 Å². The second-order valence-electron chi connectivity index (χ2n) is 7.19. The zero-order valence-corrected chi connectivity index (χ0v) is 17.3. The molecule has 0 bridgehead atoms. The maximum absolute atomic E-state index is 11.9. The van der Waals surface area contributed by atoms with Crippen molar-refractivity contribution in [1.82, 2.24) is 16.0 Å². The topological polar surface area (TPSA) is 84.0 Å². The highest BCUT2D eigenvalue weighted by Crippen LogP contribution is 2.27. The molecule has 1 aromatic rings. The third kappa shape index (κ3) is 8.06. The lowest BCUT2D eigenvalue weighted by Gasteiger charge is -2.18. The first-order valence-corrected chi connectivity index (χ1v) is 10.1. The molecule has 1 atom stereocenters. The number of aliphatic imine (C=N–C) groups is 1. The summed E-state index contributed by atoms with van der Waals surface area (Å²) in [6.07, 6.45) is 5.53. The molecule has 0 heterocycles. The van der Waals surface area contributed by atoms with Crippen molar-refractivity contribution in [2.75, 3.05) is 33.8 Å². The van der Waals surface area contributed by atoms with Crippen molar-refractivity contribution in [3.63, 3.8) is 0 Å². The highest BCUT2D eigenvalue weighted by atomic mass is 16.5. The Morgan fingerprint density at radius 2 is 1.89 bits per heavy atom. The van der Waals surface area contributed by atoms with Crippen molar-refractivity contribution < 1.29 is 14.3 Å². The number of carbonyl (C=O) groups is 1. The lowest BCUT2D eigenvalue weighted by molar-refractivity contribution is -0.121. The van der Waals surface area contributed by atoms with Gasteiger partial charge in [-0.3, -0.25) is 9.79 Å². The minimum absolute atomic E-state index is 0.0447. The van der Waals surface area contributed by atoms with Crippen LogP contribution in [0, 0.1) is 5.92 Å². The van der Waals surface area contributed by atoms with Crippen LogP contribution in [-0.2, 0) is 4.79 Å². The van der Waals surface area contributed by atoms with E-state index in [-0.39, 0.29) is 12.0 Å². The van der Waals surface area contributed by atoms with Gasteiger partial charge in [0, 0.05) is 32.6 Å². The predicted molar refractivity (Wildman–Crippen MR) is 112 cm³/mol. The van der Waals surface area contributed by atoms with Gasteiger partial charge in [0.1, 0.15) is 17.6 Å². The van der Waals surface area contributed by atoms with Crippen molar-refractivity contribution in [1.29, 1.82) is 0 Å². The second kappa shape index (κ2) is 12.1. The number of methoxy groups -OCH3 is 1. The van der Waals surface area contributed by atoms with E-state index in [1.54, 1.807) is 14.2 Å². The van der Waals surface area contributed by atoms with Gasteiger partial charge in [-0.15, -0.1) is 0 Å². The van der Waals surface area contributed by atoms with E-state index < -0.39 is 0 Å². The molecule has 1 aliphatic rings. The highest BCUT2D eigenvalue weighted by Gasteiger charge is 2.17. The van der Waals surface area contributed by atoms with Gasteiger partial charge >= 0.3 is 0 Å². The number of rotatable bonds is 10. The van der Waals surface area contributed by atoms with Crippen molar-refractivity contribution in [3.05, 3.63) is 24.3 Å². The molecular weight excluding hydrogens is 356 g/mol. The summed E-state index contributed by atoms with van der Waals surface area (Å²) in [5.41, 5.74) is 0. The molecule has 1 unspecified atom stereocenters. The summed E-state index contributed by atoms with van der Waals surface area (Å²) >= 11 is 0. The molecule has 156 valence electrons. The fraction of sp³-hybridized carbons (Fsp3) is 0.619. The minimum atomic E-state index is -0.0447. The van der Waals surface area contributed by atoms with Crippen LogP contribution in [0.1, 0.15) is 39.0 Å². The molecule has 0 spiro atoms. The lowest BCUT2D eigenvalue weighted by atomic mass is 10.0. The Kier molecular flexibility index (Phi) is 9.45. The first kappa shape index (κ1) is 21.9. The summed E-state index contributed by atoms with van der Waals surface area (Å²) in [7, 11) is 3.36. The van der Waals surface area contributed by atoms with Crippen LogP contribution in [0.5, 0.6) is 11.5 Å². The molecule has 7 nitrogen and oxygen atoms in total. The average molecular weight is 391 g/mol. The Labute approximate surface area is 168 Å². The zero-order chi connectivity index (χ0) is 20.2. The number of ether oxygens (including phenoxy) is 2. The normalized spacial score (nSPS) is 15.8. The Bertz CT molecular complexity index is 630. The number of amides is 1. The molecule has 0 aliphatic heterocycles. The van der Waals surface area contributed by atoms with Gasteiger partial charge in [-0.2, -0.15) is 0 Å². The van der Waals surface area contributed by atoms with Gasteiger partial charge in [-0.25, -0.2) is 0 Å². The van der Waals surface area contributed by atoms with Crippen LogP contribution in [0.4, 0.5) is 0 Å². The average Bonchev–Trinajstić information content (AvgIpc) is 3.20. The van der Waals surface area contributed by atoms with Crippen LogP contribution < -0.4 is 25.4 Å². The van der Waals surface area contributed by atoms with Gasteiger partial charge in [-0.05, 0) is 37.8 Å². The van der Waals surface area contributed by atoms with Gasteiger partial charge in [0.25, 0.3) is 0 Å². The van der Waals surface area contributed by atoms with E-state index in [9.17, 15) is 4.79 Å². The van der Waals surface area contributed by atoms with E-state index in [0.29, 0.717) is 37.9 Å². The Morgan fingerprint density at radius 1 is 1.18 bits per heavy atom. The molecule has 1 aliphatic carbocycles. The summed E-state index contributed by atoms with van der Waals surface area (Å²) in [5.74, 6) is 2.95. The number of carbonyl (C=O) groups excluding carboxylic acids is 1. The molecule has 0 aromatic heterocycles. The molecule has 0 radical (unpaired) electrons. The van der Waals surface area contributed by atoms with Crippen LogP contribution in [0.25, 0.3) is 0 Å². The first-order valence-electron chi connectivity index (χ1n) is 10.1. The summed E-state index contributed by atoms with van der Waals surface area (Å²) in [5, 5.41) is 9.42. The van der Waals surface area contributed by atoms with Crippen LogP contribution in [0.2, 0.25) is 0 Å². The first-order chi connectivity index (χ1) is 13.6. The van der Waals surface area contributed by atoms with E-state index in [2.05, 4.69) is 20.9 Å². The number of hydrogen-bond donors (Lipinski definition) is 3. The Balaban J connectivity index is 1.60. The predicted octanol–water partition coefficient (Wildman–Crippen LogP) is 2.32. The van der Waals surface area contributed by atoms with Crippen molar-refractivity contribution >= 4 is 11.9 Å². The summed E-state index contributed by atoms with van der Waals surface area (Å²) < 4.78 is 11.1. The number of nitrogens with zero attached hydrogens (tertiary/aromatic N) is 1. The number of hydrogen-bond acceptors (Lipinski definition) is 4. The number of guanidine groups is 1. The molecule has 1 amide bonds. The molecule has 1 fully saturated rings. The standard InChI is InChI=1S/C21H34N4O3/c1-16(28-19-10-6-9-18(14-19)27-3)15-25-21(22-2)24-12-11-23-20(26)13-17-7-4-5-8-17/h6,9-10,14,16-17H,4-5,7-8,11-13,15H2,1-3H3,(H,23,26)(H2,22,24,25). The van der Waals surface area contributed by atoms with E-state index in [4.69, 9.17) is 9.47 Å². The van der Waals surface area contributed by atoms with E-state index in [1.165, 1.54) is 25.7 Å². The highest BCUT2D eigenvalue weighted by molar-refractivity contribution is 5.80. The largest absolute Gasteiger partial charge is 0.497 e. The molecular formula is C21H34N4O3. The molecule has 1 saturated carbocycles. The molecule has 28 heavy (non-hydrogen) atoms. The maximum atomic E-state index is 11.9. The third-order valence-electron chi connectivity index (χ3n) is 4.85. The van der Waals surface area contributed by atoms with Crippen molar-refractivity contribution in [2.45, 2.75) is 45.1 Å². The van der Waals surface area contributed by atoms with Crippen LogP contribution in [-0.4, -0.2) is 51.8 Å². The molecule has 7 heteroatoms. The number of nitrogens with one attached hydrogen (secondary N) is 3. The minimum Gasteiger partial charge on any atom is -0.497 e. The van der Waals surface area contributed by atoms with Crippen LogP contribution in [0.15, 0.2) is 29.3 Å². The summed E-state index contributed by atoms with van der Waals surface area (Å²) in [6.45, 7) is 3.80. The number of benzene rings is 1. The Morgan fingerprint density at radius 3 is 2.61 bits per heavy atom. The maximum Gasteiger partial charge on any atom is 0.220 e. The molecule has 1 aromatic carbocycles. The van der Waals surface area contributed by atoms with Crippen LogP contribution in [0.3, 0.4) is 0 Å².